The number of amides is 2. The average Bonchev–Trinajstić information content (AvgIpc) is 3.06. The highest BCUT2D eigenvalue weighted by Gasteiger charge is 2.28. The highest BCUT2D eigenvalue weighted by molar-refractivity contribution is 7.17. The molecule has 0 saturated carbocycles. The Labute approximate surface area is 151 Å². The van der Waals surface area contributed by atoms with Crippen LogP contribution in [0.15, 0.2) is 29.6 Å². The van der Waals surface area contributed by atoms with Crippen LogP contribution in [0.1, 0.15) is 23.2 Å². The maximum Gasteiger partial charge on any atom is 0.253 e. The molecule has 2 amide bonds. The Morgan fingerprint density at radius 2 is 2.17 bits per heavy atom. The molecule has 2 heterocycles. The number of nitrogens with one attached hydrogen (secondary N) is 1. The standard InChI is InChI=1S/C17H21N3O2S.ClH/c18-6-7-19-16(21)14-2-1-8-20(11-14)17(22)13-3-4-15-12(10-13)5-9-23-15;/h3-5,9-10,14H,1-2,6-8,11,18H2,(H,19,21);1H. The fourth-order valence-electron chi connectivity index (χ4n) is 3.00. The van der Waals surface area contributed by atoms with E-state index in [9.17, 15) is 9.59 Å². The molecule has 3 rings (SSSR count). The molecule has 130 valence electrons. The fraction of sp³-hybridized carbons (Fsp3) is 0.412. The third-order valence-electron chi connectivity index (χ3n) is 4.22. The Kier molecular flexibility index (Phi) is 6.60. The Morgan fingerprint density at radius 3 is 2.96 bits per heavy atom. The molecule has 3 N–H and O–H groups in total. The van der Waals surface area contributed by atoms with Gasteiger partial charge in [0.2, 0.25) is 5.91 Å². The van der Waals surface area contributed by atoms with Gasteiger partial charge in [-0.15, -0.1) is 23.7 Å². The molecule has 24 heavy (non-hydrogen) atoms. The number of rotatable bonds is 4. The molecule has 1 fully saturated rings. The van der Waals surface area contributed by atoms with Gasteiger partial charge in [0.15, 0.2) is 0 Å². The molecule has 5 nitrogen and oxygen atoms in total. The van der Waals surface area contributed by atoms with E-state index in [1.54, 1.807) is 16.2 Å². The van der Waals surface area contributed by atoms with Crippen molar-refractivity contribution < 1.29 is 9.59 Å². The van der Waals surface area contributed by atoms with E-state index in [4.69, 9.17) is 5.73 Å². The lowest BCUT2D eigenvalue weighted by molar-refractivity contribution is -0.126. The predicted molar refractivity (Wildman–Crippen MR) is 99.8 cm³/mol. The zero-order valence-electron chi connectivity index (χ0n) is 13.4. The van der Waals surface area contributed by atoms with E-state index >= 15 is 0 Å². The first-order valence-electron chi connectivity index (χ1n) is 7.93. The Bertz CT molecular complexity index is 719. The number of nitrogens with zero attached hydrogens (tertiary/aromatic N) is 1. The molecule has 1 aromatic carbocycles. The van der Waals surface area contributed by atoms with Gasteiger partial charge in [-0.3, -0.25) is 9.59 Å². The van der Waals surface area contributed by atoms with Gasteiger partial charge in [0.25, 0.3) is 5.91 Å². The van der Waals surface area contributed by atoms with Crippen LogP contribution >= 0.6 is 23.7 Å². The van der Waals surface area contributed by atoms with E-state index in [1.807, 2.05) is 29.6 Å². The average molecular weight is 368 g/mol. The van der Waals surface area contributed by atoms with Crippen LogP contribution in [0.3, 0.4) is 0 Å². The molecule has 1 unspecified atom stereocenters. The summed E-state index contributed by atoms with van der Waals surface area (Å²) in [5.74, 6) is -0.125. The first-order chi connectivity index (χ1) is 11.2. The first kappa shape index (κ1) is 18.7. The minimum atomic E-state index is -0.135. The van der Waals surface area contributed by atoms with Crippen LogP contribution in [0, 0.1) is 5.92 Å². The van der Waals surface area contributed by atoms with Gasteiger partial charge in [-0.2, -0.15) is 0 Å². The molecule has 1 atom stereocenters. The number of carbonyl (C=O) groups excluding carboxylic acids is 2. The van der Waals surface area contributed by atoms with Crippen LogP contribution in [0.2, 0.25) is 0 Å². The summed E-state index contributed by atoms with van der Waals surface area (Å²) in [6.07, 6.45) is 1.68. The van der Waals surface area contributed by atoms with Gasteiger partial charge < -0.3 is 16.0 Å². The lowest BCUT2D eigenvalue weighted by Crippen LogP contribution is -2.46. The van der Waals surface area contributed by atoms with Gasteiger partial charge in [-0.25, -0.2) is 0 Å². The maximum atomic E-state index is 12.7. The number of likely N-dealkylation sites (tertiary alicyclic amines) is 1. The number of carbonyl (C=O) groups is 2. The highest BCUT2D eigenvalue weighted by Crippen LogP contribution is 2.24. The zero-order valence-corrected chi connectivity index (χ0v) is 15.0. The van der Waals surface area contributed by atoms with Crippen LogP contribution in [-0.4, -0.2) is 42.9 Å². The predicted octanol–water partition coefficient (Wildman–Crippen LogP) is 2.25. The van der Waals surface area contributed by atoms with Gasteiger partial charge in [-0.05, 0) is 47.9 Å². The second-order valence-corrected chi connectivity index (χ2v) is 6.79. The van der Waals surface area contributed by atoms with Crippen molar-refractivity contribution in [2.45, 2.75) is 12.8 Å². The number of benzene rings is 1. The topological polar surface area (TPSA) is 75.4 Å². The van der Waals surface area contributed by atoms with Gasteiger partial charge in [-0.1, -0.05) is 0 Å². The molecule has 1 saturated heterocycles. The number of piperidine rings is 1. The Hall–Kier alpha value is -1.63. The number of fused-ring (bicyclic) bond motifs is 1. The molecule has 1 aliphatic rings. The lowest BCUT2D eigenvalue weighted by atomic mass is 9.96. The van der Waals surface area contributed by atoms with E-state index in [2.05, 4.69) is 5.32 Å². The van der Waals surface area contributed by atoms with E-state index < -0.39 is 0 Å². The summed E-state index contributed by atoms with van der Waals surface area (Å²) >= 11 is 1.67. The second-order valence-electron chi connectivity index (χ2n) is 5.84. The van der Waals surface area contributed by atoms with Gasteiger partial charge in [0, 0.05) is 36.4 Å². The van der Waals surface area contributed by atoms with E-state index in [-0.39, 0.29) is 30.1 Å². The van der Waals surface area contributed by atoms with Crippen LogP contribution in [0.5, 0.6) is 0 Å². The molecule has 7 heteroatoms. The molecular weight excluding hydrogens is 346 g/mol. The number of thiophene rings is 1. The number of halogens is 1. The fourth-order valence-corrected chi connectivity index (χ4v) is 3.77. The van der Waals surface area contributed by atoms with Gasteiger partial charge >= 0.3 is 0 Å². The number of hydrogen-bond donors (Lipinski definition) is 2. The minimum Gasteiger partial charge on any atom is -0.355 e. The van der Waals surface area contributed by atoms with Crippen LogP contribution in [-0.2, 0) is 4.79 Å². The number of hydrogen-bond acceptors (Lipinski definition) is 4. The summed E-state index contributed by atoms with van der Waals surface area (Å²) in [6, 6.07) is 7.82. The summed E-state index contributed by atoms with van der Waals surface area (Å²) in [7, 11) is 0. The van der Waals surface area contributed by atoms with Crippen molar-refractivity contribution >= 4 is 45.6 Å². The Morgan fingerprint density at radius 1 is 1.33 bits per heavy atom. The molecular formula is C17H22ClN3O2S. The van der Waals surface area contributed by atoms with Crippen LogP contribution in [0.4, 0.5) is 0 Å². The molecule has 1 aliphatic heterocycles. The zero-order chi connectivity index (χ0) is 16.2. The van der Waals surface area contributed by atoms with E-state index in [1.165, 1.54) is 4.70 Å². The first-order valence-corrected chi connectivity index (χ1v) is 8.81. The van der Waals surface area contributed by atoms with Crippen molar-refractivity contribution in [3.8, 4) is 0 Å². The smallest absolute Gasteiger partial charge is 0.253 e. The lowest BCUT2D eigenvalue weighted by Gasteiger charge is -2.32. The summed E-state index contributed by atoms with van der Waals surface area (Å²) in [4.78, 5) is 26.6. The maximum absolute atomic E-state index is 12.7. The third kappa shape index (κ3) is 4.06. The summed E-state index contributed by atoms with van der Waals surface area (Å²) in [5.41, 5.74) is 6.11. The molecule has 0 spiro atoms. The Balaban J connectivity index is 0.00000208. The summed E-state index contributed by atoms with van der Waals surface area (Å²) in [5, 5.41) is 5.94. The minimum absolute atomic E-state index is 0. The molecule has 0 aliphatic carbocycles. The van der Waals surface area contributed by atoms with Gasteiger partial charge in [0.1, 0.15) is 0 Å². The van der Waals surface area contributed by atoms with Gasteiger partial charge in [0.05, 0.1) is 5.92 Å². The SMILES string of the molecule is Cl.NCCNC(=O)C1CCCN(C(=O)c2ccc3sccc3c2)C1. The number of nitrogens with two attached hydrogens (primary N) is 1. The summed E-state index contributed by atoms with van der Waals surface area (Å²) in [6.45, 7) is 2.11. The molecule has 2 aromatic rings. The van der Waals surface area contributed by atoms with Crippen molar-refractivity contribution in [3.63, 3.8) is 0 Å². The largest absolute Gasteiger partial charge is 0.355 e. The molecule has 1 aromatic heterocycles. The molecule has 0 bridgehead atoms. The van der Waals surface area contributed by atoms with E-state index in [0.29, 0.717) is 31.7 Å². The van der Waals surface area contributed by atoms with Crippen molar-refractivity contribution in [3.05, 3.63) is 35.2 Å². The monoisotopic (exact) mass is 367 g/mol. The quantitative estimate of drug-likeness (QED) is 0.870. The van der Waals surface area contributed by atoms with Crippen molar-refractivity contribution in [2.75, 3.05) is 26.2 Å². The van der Waals surface area contributed by atoms with Crippen LogP contribution in [0.25, 0.3) is 10.1 Å². The highest BCUT2D eigenvalue weighted by atomic mass is 35.5. The van der Waals surface area contributed by atoms with Crippen molar-refractivity contribution in [1.82, 2.24) is 10.2 Å². The second kappa shape index (κ2) is 8.46. The normalized spacial score (nSPS) is 17.4. The van der Waals surface area contributed by atoms with E-state index in [0.717, 1.165) is 18.2 Å². The molecule has 0 radical (unpaired) electrons. The van der Waals surface area contributed by atoms with Crippen molar-refractivity contribution in [2.24, 2.45) is 11.7 Å². The van der Waals surface area contributed by atoms with Crippen molar-refractivity contribution in [1.29, 1.82) is 0 Å². The van der Waals surface area contributed by atoms with Crippen LogP contribution < -0.4 is 11.1 Å². The third-order valence-corrected chi connectivity index (χ3v) is 5.12. The summed E-state index contributed by atoms with van der Waals surface area (Å²) < 4.78 is 1.18.